The van der Waals surface area contributed by atoms with Crippen LogP contribution in [0.25, 0.3) is 0 Å². The third-order valence-electron chi connectivity index (χ3n) is 5.59. The molecule has 4 unspecified atom stereocenters. The summed E-state index contributed by atoms with van der Waals surface area (Å²) in [5.74, 6) is 2.89. The lowest BCUT2D eigenvalue weighted by atomic mass is 9.65. The van der Waals surface area contributed by atoms with Crippen molar-refractivity contribution in [2.75, 3.05) is 0 Å². The number of rotatable bonds is 2. The van der Waals surface area contributed by atoms with Gasteiger partial charge in [-0.05, 0) is 56.3 Å². The summed E-state index contributed by atoms with van der Waals surface area (Å²) in [6.45, 7) is 0. The number of nitrogens with two attached hydrogens (primary N) is 1. The first-order valence-electron chi connectivity index (χ1n) is 7.79. The lowest BCUT2D eigenvalue weighted by Gasteiger charge is -2.41. The Morgan fingerprint density at radius 1 is 1.00 bits per heavy atom. The second-order valence-electron chi connectivity index (χ2n) is 6.57. The molecule has 1 nitrogen and oxygen atoms in total. The molecule has 1 heteroatoms. The standard InChI is InChI=1S/C16H27N/c17-16(13-6-2-3-7-13)15-10-9-12-5-1-4-8-14(12)11-15/h6,12,14-16H,1-5,7-11,17H2. The van der Waals surface area contributed by atoms with E-state index in [0.29, 0.717) is 6.04 Å². The summed E-state index contributed by atoms with van der Waals surface area (Å²) < 4.78 is 0. The van der Waals surface area contributed by atoms with Gasteiger partial charge in [0.2, 0.25) is 0 Å². The van der Waals surface area contributed by atoms with E-state index in [1.807, 2.05) is 0 Å². The summed E-state index contributed by atoms with van der Waals surface area (Å²) in [5.41, 5.74) is 8.09. The van der Waals surface area contributed by atoms with Crippen molar-refractivity contribution in [1.29, 1.82) is 0 Å². The van der Waals surface area contributed by atoms with Crippen molar-refractivity contribution >= 4 is 0 Å². The lowest BCUT2D eigenvalue weighted by molar-refractivity contribution is 0.122. The minimum absolute atomic E-state index is 0.403. The Hall–Kier alpha value is -0.300. The third-order valence-corrected chi connectivity index (χ3v) is 5.59. The molecule has 0 spiro atoms. The van der Waals surface area contributed by atoms with Crippen LogP contribution in [0, 0.1) is 17.8 Å². The molecule has 17 heavy (non-hydrogen) atoms. The van der Waals surface area contributed by atoms with E-state index in [0.717, 1.165) is 17.8 Å². The van der Waals surface area contributed by atoms with Crippen molar-refractivity contribution in [3.8, 4) is 0 Å². The van der Waals surface area contributed by atoms with Gasteiger partial charge in [0.15, 0.2) is 0 Å². The van der Waals surface area contributed by atoms with Crippen LogP contribution in [0.1, 0.15) is 64.2 Å². The lowest BCUT2D eigenvalue weighted by Crippen LogP contribution is -2.38. The van der Waals surface area contributed by atoms with Crippen LogP contribution in [0.3, 0.4) is 0 Å². The van der Waals surface area contributed by atoms with Gasteiger partial charge in [-0.1, -0.05) is 37.3 Å². The second kappa shape index (κ2) is 5.14. The Morgan fingerprint density at radius 3 is 2.59 bits per heavy atom. The van der Waals surface area contributed by atoms with E-state index in [-0.39, 0.29) is 0 Å². The molecule has 0 amide bonds. The normalized spacial score (nSPS) is 39.6. The Bertz CT molecular complexity index is 294. The fraction of sp³-hybridized carbons (Fsp3) is 0.875. The highest BCUT2D eigenvalue weighted by atomic mass is 14.7. The van der Waals surface area contributed by atoms with Crippen molar-refractivity contribution in [2.24, 2.45) is 23.5 Å². The van der Waals surface area contributed by atoms with Gasteiger partial charge in [0, 0.05) is 6.04 Å². The fourth-order valence-electron chi connectivity index (χ4n) is 4.54. The van der Waals surface area contributed by atoms with Crippen LogP contribution in [-0.4, -0.2) is 6.04 Å². The van der Waals surface area contributed by atoms with Crippen molar-refractivity contribution in [3.63, 3.8) is 0 Å². The molecule has 2 saturated carbocycles. The third kappa shape index (κ3) is 2.45. The van der Waals surface area contributed by atoms with Crippen molar-refractivity contribution in [2.45, 2.75) is 70.3 Å². The van der Waals surface area contributed by atoms with Crippen molar-refractivity contribution < 1.29 is 0 Å². The maximum Gasteiger partial charge on any atom is 0.0282 e. The molecule has 0 aromatic rings. The summed E-state index contributed by atoms with van der Waals surface area (Å²) in [7, 11) is 0. The molecule has 0 aromatic heterocycles. The molecule has 0 aromatic carbocycles. The highest BCUT2D eigenvalue weighted by Crippen LogP contribution is 2.44. The van der Waals surface area contributed by atoms with Crippen LogP contribution in [0.5, 0.6) is 0 Å². The summed E-state index contributed by atoms with van der Waals surface area (Å²) in [4.78, 5) is 0. The van der Waals surface area contributed by atoms with E-state index in [2.05, 4.69) is 6.08 Å². The summed E-state index contributed by atoms with van der Waals surface area (Å²) >= 11 is 0. The zero-order chi connectivity index (χ0) is 11.7. The number of allylic oxidation sites excluding steroid dienone is 1. The minimum atomic E-state index is 0.403. The SMILES string of the molecule is NC(C1=CCCC1)C1CCC2CCCCC2C1. The van der Waals surface area contributed by atoms with Crippen molar-refractivity contribution in [3.05, 3.63) is 11.6 Å². The Balaban J connectivity index is 1.61. The number of hydrogen-bond acceptors (Lipinski definition) is 1. The Labute approximate surface area is 106 Å². The van der Waals surface area contributed by atoms with Crippen LogP contribution in [-0.2, 0) is 0 Å². The average molecular weight is 233 g/mol. The summed E-state index contributed by atoms with van der Waals surface area (Å²) in [5, 5.41) is 0. The van der Waals surface area contributed by atoms with E-state index in [1.54, 1.807) is 5.57 Å². The molecule has 0 bridgehead atoms. The minimum Gasteiger partial charge on any atom is -0.324 e. The van der Waals surface area contributed by atoms with Gasteiger partial charge in [0.25, 0.3) is 0 Å². The van der Waals surface area contributed by atoms with Crippen LogP contribution in [0.15, 0.2) is 11.6 Å². The number of hydrogen-bond donors (Lipinski definition) is 1. The van der Waals surface area contributed by atoms with E-state index in [9.17, 15) is 0 Å². The van der Waals surface area contributed by atoms with Crippen molar-refractivity contribution in [1.82, 2.24) is 0 Å². The first-order chi connectivity index (χ1) is 8.34. The molecule has 0 saturated heterocycles. The molecule has 0 aliphatic heterocycles. The van der Waals surface area contributed by atoms with Gasteiger partial charge in [-0.2, -0.15) is 0 Å². The molecule has 2 fully saturated rings. The van der Waals surface area contributed by atoms with Gasteiger partial charge < -0.3 is 5.73 Å². The fourth-order valence-corrected chi connectivity index (χ4v) is 4.54. The molecule has 4 atom stereocenters. The van der Waals surface area contributed by atoms with Gasteiger partial charge in [-0.15, -0.1) is 0 Å². The molecular weight excluding hydrogens is 206 g/mol. The van der Waals surface area contributed by atoms with E-state index in [4.69, 9.17) is 5.73 Å². The quantitative estimate of drug-likeness (QED) is 0.716. The van der Waals surface area contributed by atoms with E-state index < -0.39 is 0 Å². The van der Waals surface area contributed by atoms with Crippen LogP contribution >= 0.6 is 0 Å². The van der Waals surface area contributed by atoms with Gasteiger partial charge in [-0.3, -0.25) is 0 Å². The van der Waals surface area contributed by atoms with E-state index in [1.165, 1.54) is 64.2 Å². The highest BCUT2D eigenvalue weighted by Gasteiger charge is 2.35. The van der Waals surface area contributed by atoms with Gasteiger partial charge >= 0.3 is 0 Å². The van der Waals surface area contributed by atoms with Gasteiger partial charge in [0.1, 0.15) is 0 Å². The topological polar surface area (TPSA) is 26.0 Å². The molecule has 2 N–H and O–H groups in total. The maximum absolute atomic E-state index is 6.51. The smallest absolute Gasteiger partial charge is 0.0282 e. The molecule has 3 aliphatic rings. The molecule has 0 radical (unpaired) electrons. The monoisotopic (exact) mass is 233 g/mol. The Kier molecular flexibility index (Phi) is 3.56. The van der Waals surface area contributed by atoms with Crippen LogP contribution in [0.4, 0.5) is 0 Å². The van der Waals surface area contributed by atoms with Crippen LogP contribution in [0.2, 0.25) is 0 Å². The predicted molar refractivity (Wildman–Crippen MR) is 72.7 cm³/mol. The molecular formula is C16H27N. The molecule has 96 valence electrons. The molecule has 0 heterocycles. The van der Waals surface area contributed by atoms with Crippen LogP contribution < -0.4 is 5.73 Å². The largest absolute Gasteiger partial charge is 0.324 e. The zero-order valence-electron chi connectivity index (χ0n) is 11.0. The van der Waals surface area contributed by atoms with Gasteiger partial charge in [-0.25, -0.2) is 0 Å². The first-order valence-corrected chi connectivity index (χ1v) is 7.79. The zero-order valence-corrected chi connectivity index (χ0v) is 11.0. The predicted octanol–water partition coefficient (Wildman–Crippen LogP) is 4.03. The number of fused-ring (bicyclic) bond motifs is 1. The maximum atomic E-state index is 6.51. The molecule has 3 aliphatic carbocycles. The second-order valence-corrected chi connectivity index (χ2v) is 6.57. The Morgan fingerprint density at radius 2 is 1.82 bits per heavy atom. The van der Waals surface area contributed by atoms with E-state index >= 15 is 0 Å². The summed E-state index contributed by atoms with van der Waals surface area (Å²) in [6, 6.07) is 0.403. The molecule has 3 rings (SSSR count). The first kappa shape index (κ1) is 11.8. The summed E-state index contributed by atoms with van der Waals surface area (Å²) in [6.07, 6.45) is 16.6. The highest BCUT2D eigenvalue weighted by molar-refractivity contribution is 5.16. The average Bonchev–Trinajstić information content (AvgIpc) is 2.91. The van der Waals surface area contributed by atoms with Gasteiger partial charge in [0.05, 0.1) is 0 Å².